The normalized spacial score (nSPS) is 20.6. The summed E-state index contributed by atoms with van der Waals surface area (Å²) >= 11 is 0. The number of fused-ring (bicyclic) bond motifs is 1. The Bertz CT molecular complexity index is 575. The fourth-order valence-electron chi connectivity index (χ4n) is 2.92. The molecule has 22 heavy (non-hydrogen) atoms. The summed E-state index contributed by atoms with van der Waals surface area (Å²) < 4.78 is 1.96. The van der Waals surface area contributed by atoms with E-state index in [9.17, 15) is 9.59 Å². The zero-order valence-electron chi connectivity index (χ0n) is 13.3. The Labute approximate surface area is 130 Å². The number of nitrogens with zero attached hydrogens (tertiary/aromatic N) is 2. The summed E-state index contributed by atoms with van der Waals surface area (Å²) in [6.07, 6.45) is 5.62. The molecule has 0 spiro atoms. The molecular weight excluding hydrogens is 280 g/mol. The number of hydrogen-bond donors (Lipinski definition) is 2. The number of carbonyl (C=O) groups excluding carboxylic acids is 2. The van der Waals surface area contributed by atoms with Crippen LogP contribution < -0.4 is 10.6 Å². The molecule has 2 amide bonds. The Hall–Kier alpha value is -1.85. The maximum Gasteiger partial charge on any atom is 0.271 e. The first-order valence-corrected chi connectivity index (χ1v) is 8.17. The predicted molar refractivity (Wildman–Crippen MR) is 82.4 cm³/mol. The fourth-order valence-corrected chi connectivity index (χ4v) is 2.92. The molecule has 1 aromatic rings. The molecular formula is C16H24N4O2. The first kappa shape index (κ1) is 15.1. The number of hydrogen-bond acceptors (Lipinski definition) is 3. The third-order valence-corrected chi connectivity index (χ3v) is 4.36. The number of amides is 2. The van der Waals surface area contributed by atoms with Crippen LogP contribution in [0.1, 0.15) is 49.3 Å². The summed E-state index contributed by atoms with van der Waals surface area (Å²) in [6, 6.07) is 0.153. The number of rotatable bonds is 5. The van der Waals surface area contributed by atoms with Crippen molar-refractivity contribution in [1.82, 2.24) is 20.2 Å². The average molecular weight is 304 g/mol. The highest BCUT2D eigenvalue weighted by Crippen LogP contribution is 2.28. The Morgan fingerprint density at radius 3 is 2.82 bits per heavy atom. The van der Waals surface area contributed by atoms with Crippen LogP contribution in [0.4, 0.5) is 0 Å². The molecule has 1 fully saturated rings. The summed E-state index contributed by atoms with van der Waals surface area (Å²) in [5.74, 6) is 0.637. The van der Waals surface area contributed by atoms with Gasteiger partial charge < -0.3 is 15.2 Å². The lowest BCUT2D eigenvalue weighted by Crippen LogP contribution is -2.39. The van der Waals surface area contributed by atoms with Gasteiger partial charge in [-0.2, -0.15) is 0 Å². The summed E-state index contributed by atoms with van der Waals surface area (Å²) in [5.41, 5.74) is 1.49. The molecule has 2 heterocycles. The van der Waals surface area contributed by atoms with Gasteiger partial charge >= 0.3 is 0 Å². The van der Waals surface area contributed by atoms with Crippen molar-refractivity contribution in [2.24, 2.45) is 11.8 Å². The summed E-state index contributed by atoms with van der Waals surface area (Å²) in [6.45, 7) is 5.29. The van der Waals surface area contributed by atoms with Gasteiger partial charge in [-0.25, -0.2) is 4.98 Å². The van der Waals surface area contributed by atoms with Crippen molar-refractivity contribution in [2.45, 2.75) is 52.1 Å². The van der Waals surface area contributed by atoms with Gasteiger partial charge in [0.1, 0.15) is 5.69 Å². The van der Waals surface area contributed by atoms with Crippen molar-refractivity contribution in [3.63, 3.8) is 0 Å². The smallest absolute Gasteiger partial charge is 0.271 e. The molecule has 0 bridgehead atoms. The van der Waals surface area contributed by atoms with Gasteiger partial charge in [0.25, 0.3) is 5.91 Å². The topological polar surface area (TPSA) is 76.0 Å². The molecule has 1 aromatic heterocycles. The molecule has 2 aliphatic rings. The number of imidazole rings is 1. The van der Waals surface area contributed by atoms with E-state index in [2.05, 4.69) is 15.6 Å². The highest BCUT2D eigenvalue weighted by Gasteiger charge is 2.29. The molecule has 1 aliphatic carbocycles. The minimum Gasteiger partial charge on any atom is -0.354 e. The molecule has 0 aromatic carbocycles. The maximum atomic E-state index is 12.2. The molecule has 6 heteroatoms. The first-order valence-electron chi connectivity index (χ1n) is 8.17. The van der Waals surface area contributed by atoms with Crippen LogP contribution in [0.15, 0.2) is 6.33 Å². The van der Waals surface area contributed by atoms with Gasteiger partial charge in [0.2, 0.25) is 5.91 Å². The molecule has 1 unspecified atom stereocenters. The minimum atomic E-state index is -0.0780. The second-order valence-electron chi connectivity index (χ2n) is 6.74. The molecule has 3 rings (SSSR count). The number of carbonyl (C=O) groups is 2. The van der Waals surface area contributed by atoms with Crippen molar-refractivity contribution in [3.8, 4) is 0 Å². The Morgan fingerprint density at radius 2 is 2.14 bits per heavy atom. The Kier molecular flexibility index (Phi) is 4.18. The Balaban J connectivity index is 1.63. The fraction of sp³-hybridized carbons (Fsp3) is 0.688. The SMILES string of the molecule is CC(C)NC(=O)C1CCc2c(C(=O)NCC3CC3)ncn2C1. The standard InChI is InChI=1S/C16H24N4O2/c1-10(2)19-15(21)12-5-6-13-14(18-9-20(13)8-12)16(22)17-7-11-3-4-11/h9-12H,3-8H2,1-2H3,(H,17,22)(H,19,21). The van der Waals surface area contributed by atoms with Gasteiger partial charge in [-0.1, -0.05) is 0 Å². The molecule has 1 saturated carbocycles. The largest absolute Gasteiger partial charge is 0.354 e. The lowest BCUT2D eigenvalue weighted by atomic mass is 9.96. The van der Waals surface area contributed by atoms with Gasteiger partial charge in [0.15, 0.2) is 0 Å². The van der Waals surface area contributed by atoms with E-state index in [0.717, 1.165) is 25.1 Å². The lowest BCUT2D eigenvalue weighted by molar-refractivity contribution is -0.126. The van der Waals surface area contributed by atoms with Crippen LogP contribution in [0.5, 0.6) is 0 Å². The van der Waals surface area contributed by atoms with E-state index in [0.29, 0.717) is 18.2 Å². The highest BCUT2D eigenvalue weighted by molar-refractivity contribution is 5.93. The first-order chi connectivity index (χ1) is 10.5. The summed E-state index contributed by atoms with van der Waals surface area (Å²) in [7, 11) is 0. The summed E-state index contributed by atoms with van der Waals surface area (Å²) in [5, 5.41) is 5.92. The van der Waals surface area contributed by atoms with Crippen molar-refractivity contribution >= 4 is 11.8 Å². The van der Waals surface area contributed by atoms with Crippen LogP contribution in [0.3, 0.4) is 0 Å². The van der Waals surface area contributed by atoms with Crippen molar-refractivity contribution in [2.75, 3.05) is 6.54 Å². The molecule has 0 saturated heterocycles. The van der Waals surface area contributed by atoms with E-state index < -0.39 is 0 Å². The van der Waals surface area contributed by atoms with Gasteiger partial charge in [0, 0.05) is 19.1 Å². The minimum absolute atomic E-state index is 0.0357. The predicted octanol–water partition coefficient (Wildman–Crippen LogP) is 1.11. The molecule has 1 aliphatic heterocycles. The maximum absolute atomic E-state index is 12.2. The number of aromatic nitrogens is 2. The van der Waals surface area contributed by atoms with Crippen LogP contribution >= 0.6 is 0 Å². The van der Waals surface area contributed by atoms with Crippen molar-refractivity contribution < 1.29 is 9.59 Å². The van der Waals surface area contributed by atoms with Crippen LogP contribution in [0, 0.1) is 11.8 Å². The quantitative estimate of drug-likeness (QED) is 0.855. The molecule has 2 N–H and O–H groups in total. The zero-order chi connectivity index (χ0) is 15.7. The van der Waals surface area contributed by atoms with E-state index in [1.807, 2.05) is 18.4 Å². The van der Waals surface area contributed by atoms with Crippen LogP contribution in [-0.2, 0) is 17.8 Å². The second kappa shape index (κ2) is 6.10. The molecule has 120 valence electrons. The van der Waals surface area contributed by atoms with Gasteiger partial charge in [-0.3, -0.25) is 9.59 Å². The second-order valence-corrected chi connectivity index (χ2v) is 6.74. The molecule has 0 radical (unpaired) electrons. The third kappa shape index (κ3) is 3.31. The number of nitrogens with one attached hydrogen (secondary N) is 2. The van der Waals surface area contributed by atoms with Crippen LogP contribution in [0.25, 0.3) is 0 Å². The van der Waals surface area contributed by atoms with Gasteiger partial charge in [-0.05, 0) is 45.4 Å². The zero-order valence-corrected chi connectivity index (χ0v) is 13.3. The van der Waals surface area contributed by atoms with E-state index in [1.54, 1.807) is 6.33 Å². The molecule has 6 nitrogen and oxygen atoms in total. The van der Waals surface area contributed by atoms with E-state index >= 15 is 0 Å². The third-order valence-electron chi connectivity index (χ3n) is 4.36. The van der Waals surface area contributed by atoms with Crippen molar-refractivity contribution in [3.05, 3.63) is 17.7 Å². The van der Waals surface area contributed by atoms with E-state index in [1.165, 1.54) is 12.8 Å². The lowest BCUT2D eigenvalue weighted by Gasteiger charge is -2.24. The van der Waals surface area contributed by atoms with Crippen LogP contribution in [0.2, 0.25) is 0 Å². The van der Waals surface area contributed by atoms with Gasteiger partial charge in [0.05, 0.1) is 17.9 Å². The van der Waals surface area contributed by atoms with E-state index in [-0.39, 0.29) is 23.8 Å². The monoisotopic (exact) mass is 304 g/mol. The summed E-state index contributed by atoms with van der Waals surface area (Å²) in [4.78, 5) is 28.6. The van der Waals surface area contributed by atoms with Crippen LogP contribution in [-0.4, -0.2) is 34.0 Å². The average Bonchev–Trinajstić information content (AvgIpc) is 3.21. The van der Waals surface area contributed by atoms with Crippen molar-refractivity contribution in [1.29, 1.82) is 0 Å². The molecule has 1 atom stereocenters. The highest BCUT2D eigenvalue weighted by atomic mass is 16.2. The Morgan fingerprint density at radius 1 is 1.36 bits per heavy atom. The van der Waals surface area contributed by atoms with Gasteiger partial charge in [-0.15, -0.1) is 0 Å². The van der Waals surface area contributed by atoms with E-state index in [4.69, 9.17) is 0 Å².